The quantitative estimate of drug-likeness (QED) is 0.191. The van der Waals surface area contributed by atoms with Crippen molar-refractivity contribution in [2.75, 3.05) is 19.8 Å². The molecule has 4 heterocycles. The molecule has 0 radical (unpaired) electrons. The summed E-state index contributed by atoms with van der Waals surface area (Å²) in [5.74, 6) is -3.19. The predicted octanol–water partition coefficient (Wildman–Crippen LogP) is 3.02. The average Bonchev–Trinajstić information content (AvgIpc) is 3.73. The molecule has 1 N–H and O–H groups in total. The summed E-state index contributed by atoms with van der Waals surface area (Å²) in [6, 6.07) is 14.6. The molecule has 0 saturated carbocycles. The predicted molar refractivity (Wildman–Crippen MR) is 161 cm³/mol. The van der Waals surface area contributed by atoms with Crippen molar-refractivity contribution >= 4 is 28.8 Å². The molecule has 44 heavy (non-hydrogen) atoms. The highest BCUT2D eigenvalue weighted by Crippen LogP contribution is 2.64. The third-order valence-electron chi connectivity index (χ3n) is 9.35. The molecule has 6 atom stereocenters. The molecule has 3 aromatic rings. The fraction of sp³-hybridized carbons (Fsp3) is 0.424. The molecular formula is C33H37N5O6. The van der Waals surface area contributed by atoms with Gasteiger partial charge in [0.2, 0.25) is 11.8 Å². The van der Waals surface area contributed by atoms with Crippen LogP contribution in [0.25, 0.3) is 11.0 Å². The lowest BCUT2D eigenvalue weighted by Gasteiger charge is -2.39. The van der Waals surface area contributed by atoms with Gasteiger partial charge in [-0.05, 0) is 43.9 Å². The lowest BCUT2D eigenvalue weighted by molar-refractivity contribution is -0.162. The van der Waals surface area contributed by atoms with Crippen molar-refractivity contribution in [2.24, 2.45) is 11.8 Å². The molecule has 230 valence electrons. The van der Waals surface area contributed by atoms with E-state index in [2.05, 4.69) is 23.5 Å². The number of likely N-dealkylation sites (tertiary alicyclic amines) is 1. The number of aromatic nitrogens is 3. The second-order valence-electron chi connectivity index (χ2n) is 11.9. The van der Waals surface area contributed by atoms with Gasteiger partial charge in [-0.1, -0.05) is 59.8 Å². The number of ether oxygens (including phenoxy) is 2. The van der Waals surface area contributed by atoms with Crippen LogP contribution in [0.2, 0.25) is 0 Å². The van der Waals surface area contributed by atoms with Gasteiger partial charge in [-0.2, -0.15) is 0 Å². The minimum absolute atomic E-state index is 0.0457. The molecule has 11 nitrogen and oxygen atoms in total. The highest BCUT2D eigenvalue weighted by molar-refractivity contribution is 5.98. The molecule has 0 aliphatic carbocycles. The molecule has 1 aromatic heterocycles. The summed E-state index contributed by atoms with van der Waals surface area (Å²) in [7, 11) is 0. The summed E-state index contributed by atoms with van der Waals surface area (Å²) in [6.07, 6.45) is 4.61. The number of esters is 1. The zero-order valence-corrected chi connectivity index (χ0v) is 24.7. The van der Waals surface area contributed by atoms with Gasteiger partial charge in [-0.3, -0.25) is 14.4 Å². The van der Waals surface area contributed by atoms with Crippen LogP contribution in [0.4, 0.5) is 0 Å². The Bertz CT molecular complexity index is 1590. The Hall–Kier alpha value is -4.35. The number of para-hydroxylation sites is 1. The van der Waals surface area contributed by atoms with E-state index in [0.29, 0.717) is 30.3 Å². The molecule has 1 spiro atoms. The molecule has 3 aliphatic rings. The highest BCUT2D eigenvalue weighted by Gasteiger charge is 2.79. The van der Waals surface area contributed by atoms with Gasteiger partial charge in [-0.15, -0.1) is 18.3 Å². The first-order chi connectivity index (χ1) is 21.3. The number of benzene rings is 2. The normalized spacial score (nSPS) is 27.7. The summed E-state index contributed by atoms with van der Waals surface area (Å²) in [5.41, 5.74) is -0.181. The Kier molecular flexibility index (Phi) is 7.85. The third kappa shape index (κ3) is 4.62. The number of aliphatic hydroxyl groups excluding tert-OH is 1. The van der Waals surface area contributed by atoms with Crippen LogP contribution in [0.5, 0.6) is 0 Å². The topological polar surface area (TPSA) is 127 Å². The van der Waals surface area contributed by atoms with Crippen LogP contribution in [0.15, 0.2) is 79.9 Å². The first-order valence-electron chi connectivity index (χ1n) is 14.9. The van der Waals surface area contributed by atoms with Crippen molar-refractivity contribution in [1.82, 2.24) is 24.8 Å². The van der Waals surface area contributed by atoms with Crippen LogP contribution in [0.3, 0.4) is 0 Å². The van der Waals surface area contributed by atoms with Crippen molar-refractivity contribution in [2.45, 2.75) is 56.1 Å². The summed E-state index contributed by atoms with van der Waals surface area (Å²) in [5, 5.41) is 19.2. The maximum atomic E-state index is 14.9. The minimum Gasteiger partial charge on any atom is -0.465 e. The fourth-order valence-electron chi connectivity index (χ4n) is 7.43. The molecule has 2 unspecified atom stereocenters. The number of hydrogen-bond donors (Lipinski definition) is 1. The summed E-state index contributed by atoms with van der Waals surface area (Å²) in [4.78, 5) is 46.1. The highest BCUT2D eigenvalue weighted by atomic mass is 16.6. The van der Waals surface area contributed by atoms with Gasteiger partial charge in [0, 0.05) is 6.54 Å². The van der Waals surface area contributed by atoms with Crippen molar-refractivity contribution in [3.05, 3.63) is 85.5 Å². The van der Waals surface area contributed by atoms with E-state index in [0.717, 1.165) is 5.52 Å². The largest absolute Gasteiger partial charge is 0.465 e. The van der Waals surface area contributed by atoms with E-state index in [-0.39, 0.29) is 25.7 Å². The smallest absolute Gasteiger partial charge is 0.312 e. The molecule has 2 bridgehead atoms. The number of carbonyl (C=O) groups excluding carboxylic acids is 3. The Morgan fingerprint density at radius 1 is 1.16 bits per heavy atom. The third-order valence-corrected chi connectivity index (χ3v) is 9.35. The van der Waals surface area contributed by atoms with E-state index in [1.54, 1.807) is 21.7 Å². The Morgan fingerprint density at radius 2 is 1.91 bits per heavy atom. The van der Waals surface area contributed by atoms with E-state index in [4.69, 9.17) is 9.47 Å². The molecular weight excluding hydrogens is 562 g/mol. The number of amides is 2. The zero-order chi connectivity index (χ0) is 31.1. The molecule has 2 aromatic carbocycles. The zero-order valence-electron chi connectivity index (χ0n) is 24.7. The first-order valence-corrected chi connectivity index (χ1v) is 14.9. The number of fused-ring (bicyclic) bond motifs is 2. The molecule has 3 saturated heterocycles. The summed E-state index contributed by atoms with van der Waals surface area (Å²) >= 11 is 0. The van der Waals surface area contributed by atoms with Gasteiger partial charge in [0.25, 0.3) is 0 Å². The summed E-state index contributed by atoms with van der Waals surface area (Å²) < 4.78 is 14.0. The average molecular weight is 600 g/mol. The van der Waals surface area contributed by atoms with Crippen LogP contribution in [-0.4, -0.2) is 84.7 Å². The van der Waals surface area contributed by atoms with E-state index in [1.165, 1.54) is 4.90 Å². The lowest BCUT2D eigenvalue weighted by atomic mass is 9.66. The summed E-state index contributed by atoms with van der Waals surface area (Å²) in [6.45, 7) is 9.29. The lowest BCUT2D eigenvalue weighted by Crippen LogP contribution is -2.57. The van der Waals surface area contributed by atoms with Crippen molar-refractivity contribution < 1.29 is 29.0 Å². The Morgan fingerprint density at radius 3 is 2.64 bits per heavy atom. The van der Waals surface area contributed by atoms with Crippen LogP contribution in [-0.2, 0) is 30.5 Å². The Labute approximate surface area is 255 Å². The second kappa shape index (κ2) is 11.6. The maximum absolute atomic E-state index is 14.9. The van der Waals surface area contributed by atoms with Gasteiger partial charge in [-0.25, -0.2) is 4.68 Å². The van der Waals surface area contributed by atoms with Crippen LogP contribution in [0.1, 0.15) is 37.8 Å². The van der Waals surface area contributed by atoms with Gasteiger partial charge in [0.15, 0.2) is 0 Å². The molecule has 2 amide bonds. The van der Waals surface area contributed by atoms with E-state index in [1.807, 2.05) is 61.5 Å². The van der Waals surface area contributed by atoms with Crippen LogP contribution in [0, 0.1) is 11.8 Å². The molecule has 3 fully saturated rings. The number of rotatable bonds is 12. The van der Waals surface area contributed by atoms with E-state index < -0.39 is 53.6 Å². The second-order valence-corrected chi connectivity index (χ2v) is 11.9. The standard InChI is InChI=1S/C33H37N5O6/c1-4-6-19-43-31(42)27-26-29(40)38(25(20-39)22-12-8-7-9-13-22)28(33(26)17-16-32(27,3)44-33)30(41)36(18-5-2)21-37-24-15-11-10-14-23(24)34-35-37/h4-5,7-15,25-28,39H,1-2,6,16-21H2,3H3/t25-,26+,27+,28?,32-,33?/m1/s1. The number of hydrogen-bond acceptors (Lipinski definition) is 8. The van der Waals surface area contributed by atoms with Crippen molar-refractivity contribution in [1.29, 1.82) is 0 Å². The monoisotopic (exact) mass is 599 g/mol. The van der Waals surface area contributed by atoms with Crippen molar-refractivity contribution in [3.8, 4) is 0 Å². The van der Waals surface area contributed by atoms with Gasteiger partial charge in [0.05, 0.1) is 36.3 Å². The van der Waals surface area contributed by atoms with E-state index in [9.17, 15) is 19.5 Å². The molecule has 6 rings (SSSR count). The minimum atomic E-state index is -1.29. The van der Waals surface area contributed by atoms with Crippen molar-refractivity contribution in [3.63, 3.8) is 0 Å². The van der Waals surface area contributed by atoms with Gasteiger partial charge in [0.1, 0.15) is 29.7 Å². The number of nitrogens with zero attached hydrogens (tertiary/aromatic N) is 5. The van der Waals surface area contributed by atoms with Gasteiger partial charge < -0.3 is 24.4 Å². The molecule has 11 heteroatoms. The van der Waals surface area contributed by atoms with E-state index >= 15 is 0 Å². The number of aliphatic hydroxyl groups is 1. The SMILES string of the molecule is C=CCCOC(=O)[C@@H]1[C@H]2C(=O)N([C@H](CO)c3ccccc3)C(C(=O)N(CC=C)Cn3nnc4ccccc43)C23CC[C@@]1(C)O3. The molecule has 3 aliphatic heterocycles. The van der Waals surface area contributed by atoms with Crippen LogP contribution < -0.4 is 0 Å². The van der Waals surface area contributed by atoms with Gasteiger partial charge >= 0.3 is 5.97 Å². The maximum Gasteiger partial charge on any atom is 0.312 e. The Balaban J connectivity index is 1.44. The fourth-order valence-corrected chi connectivity index (χ4v) is 7.43. The first kappa shape index (κ1) is 29.7. The van der Waals surface area contributed by atoms with Crippen LogP contribution >= 0.6 is 0 Å². The number of carbonyl (C=O) groups is 3.